The molecule has 0 aromatic heterocycles. The second-order valence-corrected chi connectivity index (χ2v) is 8.16. The lowest BCUT2D eigenvalue weighted by Crippen LogP contribution is -2.36. The summed E-state index contributed by atoms with van der Waals surface area (Å²) in [6.07, 6.45) is 1.77. The Morgan fingerprint density at radius 1 is 1.30 bits per heavy atom. The molecule has 4 nitrogen and oxygen atoms in total. The highest BCUT2D eigenvalue weighted by Crippen LogP contribution is 2.38. The summed E-state index contributed by atoms with van der Waals surface area (Å²) in [5, 5.41) is 0.147. The van der Waals surface area contributed by atoms with Crippen LogP contribution in [0.25, 0.3) is 0 Å². The molecule has 2 N–H and O–H groups in total. The standard InChI is InChI=1S/C13H18Cl2N2O2S/c1-8(2)7-17(10-3-4-10)20(18,19)13-11(14)5-9(16)6-12(13)15/h5-6,8,10H,3-4,7,16H2,1-2H3. The Hall–Kier alpha value is -0.490. The Balaban J connectivity index is 2.48. The molecule has 20 heavy (non-hydrogen) atoms. The first kappa shape index (κ1) is 15.9. The van der Waals surface area contributed by atoms with Crippen molar-refractivity contribution in [1.29, 1.82) is 0 Å². The Bertz CT molecular complexity index is 590. The largest absolute Gasteiger partial charge is 0.399 e. The third kappa shape index (κ3) is 3.22. The minimum atomic E-state index is -3.70. The average molecular weight is 337 g/mol. The Morgan fingerprint density at radius 3 is 2.20 bits per heavy atom. The molecule has 0 radical (unpaired) electrons. The van der Waals surface area contributed by atoms with Gasteiger partial charge in [-0.3, -0.25) is 0 Å². The number of nitrogens with two attached hydrogens (primary N) is 1. The van der Waals surface area contributed by atoms with Gasteiger partial charge in [-0.15, -0.1) is 0 Å². The van der Waals surface area contributed by atoms with E-state index >= 15 is 0 Å². The second-order valence-electron chi connectivity index (χ2n) is 5.51. The quantitative estimate of drug-likeness (QED) is 0.838. The summed E-state index contributed by atoms with van der Waals surface area (Å²) < 4.78 is 27.2. The predicted molar refractivity (Wildman–Crippen MR) is 82.6 cm³/mol. The molecular formula is C13H18Cl2N2O2S. The molecule has 0 aliphatic heterocycles. The van der Waals surface area contributed by atoms with E-state index in [9.17, 15) is 8.42 Å². The van der Waals surface area contributed by atoms with E-state index in [0.29, 0.717) is 12.2 Å². The van der Waals surface area contributed by atoms with Gasteiger partial charge in [-0.2, -0.15) is 4.31 Å². The van der Waals surface area contributed by atoms with Gasteiger partial charge in [0.05, 0.1) is 10.0 Å². The fourth-order valence-corrected chi connectivity index (χ4v) is 5.14. The molecule has 0 atom stereocenters. The van der Waals surface area contributed by atoms with E-state index < -0.39 is 10.0 Å². The molecule has 0 spiro atoms. The van der Waals surface area contributed by atoms with Gasteiger partial charge in [0.1, 0.15) is 4.90 Å². The fraction of sp³-hybridized carbons (Fsp3) is 0.538. The van der Waals surface area contributed by atoms with Gasteiger partial charge in [0.15, 0.2) is 0 Å². The number of benzene rings is 1. The Kier molecular flexibility index (Phi) is 4.54. The van der Waals surface area contributed by atoms with E-state index in [4.69, 9.17) is 28.9 Å². The van der Waals surface area contributed by atoms with Crippen LogP contribution in [-0.4, -0.2) is 25.3 Å². The third-order valence-corrected chi connectivity index (χ3v) is 5.93. The van der Waals surface area contributed by atoms with Crippen LogP contribution in [0.2, 0.25) is 10.0 Å². The maximum Gasteiger partial charge on any atom is 0.246 e. The van der Waals surface area contributed by atoms with Gasteiger partial charge in [-0.1, -0.05) is 37.0 Å². The summed E-state index contributed by atoms with van der Waals surface area (Å²) >= 11 is 12.1. The van der Waals surface area contributed by atoms with Crippen molar-refractivity contribution in [3.05, 3.63) is 22.2 Å². The van der Waals surface area contributed by atoms with Crippen LogP contribution in [0.15, 0.2) is 17.0 Å². The maximum absolute atomic E-state index is 12.8. The lowest BCUT2D eigenvalue weighted by Gasteiger charge is -2.24. The zero-order valence-electron chi connectivity index (χ0n) is 11.4. The molecule has 1 aromatic rings. The fourth-order valence-electron chi connectivity index (χ4n) is 2.11. The summed E-state index contributed by atoms with van der Waals surface area (Å²) in [4.78, 5) is -0.0393. The molecule has 7 heteroatoms. The van der Waals surface area contributed by atoms with Gasteiger partial charge in [0.2, 0.25) is 10.0 Å². The Labute approximate surface area is 129 Å². The molecule has 0 unspecified atom stereocenters. The molecule has 1 aromatic carbocycles. The highest BCUT2D eigenvalue weighted by molar-refractivity contribution is 7.89. The number of nitrogens with zero attached hydrogens (tertiary/aromatic N) is 1. The van der Waals surface area contributed by atoms with Crippen molar-refractivity contribution in [1.82, 2.24) is 4.31 Å². The first-order valence-corrected chi connectivity index (χ1v) is 8.69. The molecule has 1 saturated carbocycles. The Morgan fingerprint density at radius 2 is 1.80 bits per heavy atom. The van der Waals surface area contributed by atoms with Crippen molar-refractivity contribution >= 4 is 38.9 Å². The van der Waals surface area contributed by atoms with E-state index in [-0.39, 0.29) is 26.9 Å². The van der Waals surface area contributed by atoms with Crippen LogP contribution in [0, 0.1) is 5.92 Å². The van der Waals surface area contributed by atoms with Crippen LogP contribution < -0.4 is 5.73 Å². The number of nitrogen functional groups attached to an aromatic ring is 1. The maximum atomic E-state index is 12.8. The van der Waals surface area contributed by atoms with Gasteiger partial charge < -0.3 is 5.73 Å². The van der Waals surface area contributed by atoms with Crippen molar-refractivity contribution in [3.8, 4) is 0 Å². The molecule has 1 aliphatic rings. The number of hydrogen-bond acceptors (Lipinski definition) is 3. The summed E-state index contributed by atoms with van der Waals surface area (Å²) in [5.41, 5.74) is 5.97. The van der Waals surface area contributed by atoms with Crippen LogP contribution in [0.1, 0.15) is 26.7 Å². The van der Waals surface area contributed by atoms with Gasteiger partial charge in [0.25, 0.3) is 0 Å². The average Bonchev–Trinajstić information content (AvgIpc) is 3.06. The minimum Gasteiger partial charge on any atom is -0.399 e. The van der Waals surface area contributed by atoms with E-state index in [2.05, 4.69) is 0 Å². The number of rotatable bonds is 5. The van der Waals surface area contributed by atoms with Crippen LogP contribution in [-0.2, 0) is 10.0 Å². The summed E-state index contributed by atoms with van der Waals surface area (Å²) in [5.74, 6) is 0.233. The molecular weight excluding hydrogens is 319 g/mol. The third-order valence-electron chi connectivity index (χ3n) is 3.09. The summed E-state index contributed by atoms with van der Waals surface area (Å²) in [6, 6.07) is 2.90. The van der Waals surface area contributed by atoms with E-state index in [1.54, 1.807) is 0 Å². The van der Waals surface area contributed by atoms with Crippen molar-refractivity contribution in [3.63, 3.8) is 0 Å². The van der Waals surface area contributed by atoms with Crippen molar-refractivity contribution in [2.24, 2.45) is 5.92 Å². The zero-order chi connectivity index (χ0) is 15.1. The van der Waals surface area contributed by atoms with Crippen molar-refractivity contribution in [2.45, 2.75) is 37.6 Å². The molecule has 0 amide bonds. The number of sulfonamides is 1. The van der Waals surface area contributed by atoms with Crippen molar-refractivity contribution < 1.29 is 8.42 Å². The number of anilines is 1. The lowest BCUT2D eigenvalue weighted by molar-refractivity contribution is 0.360. The van der Waals surface area contributed by atoms with Gasteiger partial charge in [0, 0.05) is 18.3 Å². The zero-order valence-corrected chi connectivity index (χ0v) is 13.8. The summed E-state index contributed by atoms with van der Waals surface area (Å²) in [7, 11) is -3.70. The minimum absolute atomic E-state index is 0.0393. The molecule has 0 saturated heterocycles. The molecule has 0 bridgehead atoms. The van der Waals surface area contributed by atoms with E-state index in [1.807, 2.05) is 13.8 Å². The molecule has 1 aliphatic carbocycles. The van der Waals surface area contributed by atoms with E-state index in [0.717, 1.165) is 12.8 Å². The van der Waals surface area contributed by atoms with Crippen LogP contribution in [0.5, 0.6) is 0 Å². The van der Waals surface area contributed by atoms with Gasteiger partial charge in [-0.25, -0.2) is 8.42 Å². The lowest BCUT2D eigenvalue weighted by atomic mass is 10.2. The smallest absolute Gasteiger partial charge is 0.246 e. The molecule has 112 valence electrons. The van der Waals surface area contributed by atoms with E-state index in [1.165, 1.54) is 16.4 Å². The van der Waals surface area contributed by atoms with Crippen LogP contribution >= 0.6 is 23.2 Å². The normalized spacial score (nSPS) is 16.1. The summed E-state index contributed by atoms with van der Waals surface area (Å²) in [6.45, 7) is 4.43. The molecule has 1 fully saturated rings. The van der Waals surface area contributed by atoms with Crippen molar-refractivity contribution in [2.75, 3.05) is 12.3 Å². The monoisotopic (exact) mass is 336 g/mol. The van der Waals surface area contributed by atoms with Crippen LogP contribution in [0.3, 0.4) is 0 Å². The van der Waals surface area contributed by atoms with Crippen LogP contribution in [0.4, 0.5) is 5.69 Å². The first-order valence-electron chi connectivity index (χ1n) is 6.50. The highest BCUT2D eigenvalue weighted by atomic mass is 35.5. The topological polar surface area (TPSA) is 63.4 Å². The first-order chi connectivity index (χ1) is 9.23. The second kappa shape index (κ2) is 5.72. The van der Waals surface area contributed by atoms with Gasteiger partial charge in [-0.05, 0) is 30.9 Å². The highest BCUT2D eigenvalue weighted by Gasteiger charge is 2.40. The number of hydrogen-bond donors (Lipinski definition) is 1. The molecule has 0 heterocycles. The SMILES string of the molecule is CC(C)CN(C1CC1)S(=O)(=O)c1c(Cl)cc(N)cc1Cl. The number of halogens is 2. The predicted octanol–water partition coefficient (Wildman–Crippen LogP) is 3.38. The molecule has 2 rings (SSSR count). The van der Waals surface area contributed by atoms with Gasteiger partial charge >= 0.3 is 0 Å².